The molecule has 0 aliphatic carbocycles. The number of hydrogen-bond acceptors (Lipinski definition) is 2. The summed E-state index contributed by atoms with van der Waals surface area (Å²) in [6, 6.07) is 0. The van der Waals surface area contributed by atoms with E-state index < -0.39 is 17.3 Å². The van der Waals surface area contributed by atoms with Crippen molar-refractivity contribution in [3.8, 4) is 12.3 Å². The molecule has 0 aromatic carbocycles. The Bertz CT molecular complexity index is 212. The molecule has 0 bridgehead atoms. The highest BCUT2D eigenvalue weighted by atomic mass is 16.4. The van der Waals surface area contributed by atoms with Gasteiger partial charge in [-0.3, -0.25) is 9.59 Å². The summed E-state index contributed by atoms with van der Waals surface area (Å²) in [6.45, 7) is 1.21. The maximum Gasteiger partial charge on any atom is 0.319 e. The van der Waals surface area contributed by atoms with Crippen LogP contribution in [0.15, 0.2) is 0 Å². The third-order valence-electron chi connectivity index (χ3n) is 1.47. The van der Waals surface area contributed by atoms with Gasteiger partial charge in [0.1, 0.15) is 0 Å². The van der Waals surface area contributed by atoms with Crippen LogP contribution in [0.2, 0.25) is 0 Å². The van der Waals surface area contributed by atoms with Crippen LogP contribution in [0, 0.1) is 17.8 Å². The molecular weight excluding hydrogens is 146 g/mol. The van der Waals surface area contributed by atoms with Crippen LogP contribution in [0.1, 0.15) is 13.3 Å². The molecule has 1 amide bonds. The molecule has 0 rings (SSSR count). The summed E-state index contributed by atoms with van der Waals surface area (Å²) < 4.78 is 0. The molecule has 3 N–H and O–H groups in total. The van der Waals surface area contributed by atoms with E-state index >= 15 is 0 Å². The predicted molar refractivity (Wildman–Crippen MR) is 38.4 cm³/mol. The van der Waals surface area contributed by atoms with E-state index in [9.17, 15) is 9.59 Å². The van der Waals surface area contributed by atoms with Crippen LogP contribution < -0.4 is 5.73 Å². The summed E-state index contributed by atoms with van der Waals surface area (Å²) in [5, 5.41) is 8.54. The largest absolute Gasteiger partial charge is 0.480 e. The van der Waals surface area contributed by atoms with Gasteiger partial charge in [0, 0.05) is 6.42 Å². The van der Waals surface area contributed by atoms with E-state index in [1.165, 1.54) is 6.92 Å². The van der Waals surface area contributed by atoms with Gasteiger partial charge in [0.05, 0.1) is 0 Å². The molecular formula is C7H9NO3. The Morgan fingerprint density at radius 2 is 2.18 bits per heavy atom. The van der Waals surface area contributed by atoms with Crippen molar-refractivity contribution in [2.45, 2.75) is 13.3 Å². The Hall–Kier alpha value is -1.50. The van der Waals surface area contributed by atoms with Crippen molar-refractivity contribution in [3.05, 3.63) is 0 Å². The van der Waals surface area contributed by atoms with Gasteiger partial charge in [0.15, 0.2) is 5.41 Å². The minimum absolute atomic E-state index is 0.183. The number of nitrogens with two attached hydrogens (primary N) is 1. The van der Waals surface area contributed by atoms with Gasteiger partial charge < -0.3 is 10.8 Å². The number of carbonyl (C=O) groups is 2. The number of primary amides is 1. The van der Waals surface area contributed by atoms with Crippen LogP contribution >= 0.6 is 0 Å². The van der Waals surface area contributed by atoms with Crippen molar-refractivity contribution < 1.29 is 14.7 Å². The summed E-state index contributed by atoms with van der Waals surface area (Å²) in [5.41, 5.74) is 3.21. The quantitative estimate of drug-likeness (QED) is 0.429. The molecule has 0 fully saturated rings. The highest BCUT2D eigenvalue weighted by Gasteiger charge is 2.38. The number of carbonyl (C=O) groups excluding carboxylic acids is 1. The zero-order chi connectivity index (χ0) is 9.07. The third-order valence-corrected chi connectivity index (χ3v) is 1.47. The lowest BCUT2D eigenvalue weighted by atomic mass is 9.87. The first-order chi connectivity index (χ1) is 4.95. The molecule has 0 saturated heterocycles. The maximum absolute atomic E-state index is 10.6. The Morgan fingerprint density at radius 1 is 1.73 bits per heavy atom. The van der Waals surface area contributed by atoms with Crippen LogP contribution in [-0.2, 0) is 9.59 Å². The molecule has 11 heavy (non-hydrogen) atoms. The van der Waals surface area contributed by atoms with Gasteiger partial charge in [-0.2, -0.15) is 0 Å². The Balaban J connectivity index is 4.70. The first kappa shape index (κ1) is 9.50. The maximum atomic E-state index is 10.6. The molecule has 0 radical (unpaired) electrons. The molecule has 60 valence electrons. The molecule has 0 aromatic heterocycles. The molecule has 4 heteroatoms. The van der Waals surface area contributed by atoms with E-state index in [-0.39, 0.29) is 6.42 Å². The molecule has 4 nitrogen and oxygen atoms in total. The second-order valence-electron chi connectivity index (χ2n) is 2.38. The fourth-order valence-corrected chi connectivity index (χ4v) is 0.472. The smallest absolute Gasteiger partial charge is 0.319 e. The highest BCUT2D eigenvalue weighted by molar-refractivity contribution is 6.00. The molecule has 0 spiro atoms. The number of carboxylic acids is 1. The van der Waals surface area contributed by atoms with Crippen molar-refractivity contribution >= 4 is 11.9 Å². The number of rotatable bonds is 3. The summed E-state index contributed by atoms with van der Waals surface area (Å²) >= 11 is 0. The van der Waals surface area contributed by atoms with Gasteiger partial charge >= 0.3 is 5.97 Å². The monoisotopic (exact) mass is 155 g/mol. The molecule has 1 unspecified atom stereocenters. The highest BCUT2D eigenvalue weighted by Crippen LogP contribution is 2.19. The zero-order valence-electron chi connectivity index (χ0n) is 6.13. The van der Waals surface area contributed by atoms with Crippen molar-refractivity contribution in [2.24, 2.45) is 11.1 Å². The lowest BCUT2D eigenvalue weighted by molar-refractivity contribution is -0.153. The number of amides is 1. The second kappa shape index (κ2) is 3.06. The normalized spacial score (nSPS) is 14.5. The van der Waals surface area contributed by atoms with Gasteiger partial charge in [-0.25, -0.2) is 0 Å². The standard InChI is InChI=1S/C7H9NO3/c1-3-4-7(2,5(8)9)6(10)11/h1H,4H2,2H3,(H2,8,9)(H,10,11). The SMILES string of the molecule is C#CCC(C)(C(N)=O)C(=O)O. The minimum Gasteiger partial charge on any atom is -0.480 e. The van der Waals surface area contributed by atoms with Gasteiger partial charge in [-0.1, -0.05) is 0 Å². The average molecular weight is 155 g/mol. The lowest BCUT2D eigenvalue weighted by Gasteiger charge is -2.16. The van der Waals surface area contributed by atoms with Crippen molar-refractivity contribution in [1.29, 1.82) is 0 Å². The molecule has 0 aliphatic rings. The third kappa shape index (κ3) is 1.71. The topological polar surface area (TPSA) is 80.4 Å². The van der Waals surface area contributed by atoms with Crippen LogP contribution in [0.4, 0.5) is 0 Å². The van der Waals surface area contributed by atoms with Gasteiger partial charge in [0.2, 0.25) is 5.91 Å². The number of hydrogen-bond donors (Lipinski definition) is 2. The van der Waals surface area contributed by atoms with Crippen molar-refractivity contribution in [3.63, 3.8) is 0 Å². The fraction of sp³-hybridized carbons (Fsp3) is 0.429. The second-order valence-corrected chi connectivity index (χ2v) is 2.38. The van der Waals surface area contributed by atoms with E-state index in [0.717, 1.165) is 0 Å². The van der Waals surface area contributed by atoms with Crippen molar-refractivity contribution in [2.75, 3.05) is 0 Å². The molecule has 1 atom stereocenters. The van der Waals surface area contributed by atoms with E-state index in [2.05, 4.69) is 5.92 Å². The van der Waals surface area contributed by atoms with Gasteiger partial charge in [0.25, 0.3) is 0 Å². The average Bonchev–Trinajstić information content (AvgIpc) is 1.87. The first-order valence-corrected chi connectivity index (χ1v) is 2.92. The Kier molecular flexibility index (Phi) is 2.64. The Morgan fingerprint density at radius 3 is 2.27 bits per heavy atom. The Labute approximate surface area is 64.4 Å². The summed E-state index contributed by atoms with van der Waals surface area (Å²) in [6.07, 6.45) is 4.69. The van der Waals surface area contributed by atoms with E-state index in [1.54, 1.807) is 0 Å². The zero-order valence-corrected chi connectivity index (χ0v) is 6.13. The van der Waals surface area contributed by atoms with Crippen LogP contribution in [0.25, 0.3) is 0 Å². The van der Waals surface area contributed by atoms with Gasteiger partial charge in [-0.15, -0.1) is 12.3 Å². The summed E-state index contributed by atoms with van der Waals surface area (Å²) in [7, 11) is 0. The molecule has 0 heterocycles. The van der Waals surface area contributed by atoms with Gasteiger partial charge in [-0.05, 0) is 6.92 Å². The number of aliphatic carboxylic acids is 1. The van der Waals surface area contributed by atoms with Crippen LogP contribution in [-0.4, -0.2) is 17.0 Å². The number of carboxylic acid groups (broad SMARTS) is 1. The van der Waals surface area contributed by atoms with Crippen LogP contribution in [0.5, 0.6) is 0 Å². The van der Waals surface area contributed by atoms with E-state index in [4.69, 9.17) is 17.3 Å². The number of terminal acetylenes is 1. The fourth-order valence-electron chi connectivity index (χ4n) is 0.472. The summed E-state index contributed by atoms with van der Waals surface area (Å²) in [4.78, 5) is 21.1. The lowest BCUT2D eigenvalue weighted by Crippen LogP contribution is -2.41. The molecule has 0 aromatic rings. The van der Waals surface area contributed by atoms with Crippen LogP contribution in [0.3, 0.4) is 0 Å². The summed E-state index contributed by atoms with van der Waals surface area (Å²) in [5.74, 6) is -0.114. The predicted octanol–water partition coefficient (Wildman–Crippen LogP) is -0.414. The minimum atomic E-state index is -1.63. The molecule has 0 saturated carbocycles. The van der Waals surface area contributed by atoms with Crippen molar-refractivity contribution in [1.82, 2.24) is 0 Å². The van der Waals surface area contributed by atoms with E-state index in [1.807, 2.05) is 0 Å². The van der Waals surface area contributed by atoms with E-state index in [0.29, 0.717) is 0 Å². The first-order valence-electron chi connectivity index (χ1n) is 2.92. The molecule has 0 aliphatic heterocycles.